The molecule has 2 fully saturated rings. The van der Waals surface area contributed by atoms with Crippen molar-refractivity contribution < 1.29 is 14.7 Å². The molecule has 2 rings (SSSR count). The Labute approximate surface area is 120 Å². The molecular weight excluding hydrogens is 256 g/mol. The number of amides is 2. The van der Waals surface area contributed by atoms with Gasteiger partial charge in [-0.3, -0.25) is 0 Å². The van der Waals surface area contributed by atoms with Crippen LogP contribution in [0, 0.1) is 11.8 Å². The monoisotopic (exact) mass is 282 g/mol. The third-order valence-electron chi connectivity index (χ3n) is 5.04. The Bertz CT molecular complexity index is 389. The normalized spacial score (nSPS) is 33.8. The molecular formula is C15H26N2O3. The average molecular weight is 282 g/mol. The molecule has 0 spiro atoms. The predicted molar refractivity (Wildman–Crippen MR) is 76.5 cm³/mol. The summed E-state index contributed by atoms with van der Waals surface area (Å²) in [6.45, 7) is 8.35. The molecule has 2 aliphatic heterocycles. The van der Waals surface area contributed by atoms with Crippen LogP contribution in [0.2, 0.25) is 0 Å². The van der Waals surface area contributed by atoms with E-state index < -0.39 is 11.5 Å². The minimum absolute atomic E-state index is 0.0745. The first-order valence-corrected chi connectivity index (χ1v) is 7.72. The standard InChI is InChI=1S/C15H26N2O3/c1-4-6-15(13(18)19)7-5-8-17(15)14(20)16-9-11(2)12(3)10-16/h11-12H,4-10H2,1-3H3,(H,18,19). The van der Waals surface area contributed by atoms with Crippen molar-refractivity contribution in [2.45, 2.75) is 52.0 Å². The van der Waals surface area contributed by atoms with E-state index in [0.717, 1.165) is 25.9 Å². The smallest absolute Gasteiger partial charge is 0.329 e. The lowest BCUT2D eigenvalue weighted by Gasteiger charge is -2.37. The van der Waals surface area contributed by atoms with Crippen LogP contribution in [0.5, 0.6) is 0 Å². The van der Waals surface area contributed by atoms with Crippen molar-refractivity contribution in [2.24, 2.45) is 11.8 Å². The SMILES string of the molecule is CCCC1(C(=O)O)CCCN1C(=O)N1CC(C)C(C)C1. The van der Waals surface area contributed by atoms with Gasteiger partial charge in [-0.15, -0.1) is 0 Å². The molecule has 114 valence electrons. The van der Waals surface area contributed by atoms with Gasteiger partial charge in [0.05, 0.1) is 0 Å². The lowest BCUT2D eigenvalue weighted by atomic mass is 9.91. The fourth-order valence-electron chi connectivity index (χ4n) is 3.62. The summed E-state index contributed by atoms with van der Waals surface area (Å²) in [7, 11) is 0. The van der Waals surface area contributed by atoms with Crippen LogP contribution < -0.4 is 0 Å². The molecule has 0 saturated carbocycles. The molecule has 3 unspecified atom stereocenters. The van der Waals surface area contributed by atoms with E-state index in [2.05, 4.69) is 13.8 Å². The van der Waals surface area contributed by atoms with Crippen molar-refractivity contribution in [2.75, 3.05) is 19.6 Å². The zero-order valence-electron chi connectivity index (χ0n) is 12.8. The number of carboxylic acid groups (broad SMARTS) is 1. The molecule has 5 heteroatoms. The molecule has 3 atom stereocenters. The summed E-state index contributed by atoms with van der Waals surface area (Å²) < 4.78 is 0. The van der Waals surface area contributed by atoms with E-state index in [1.807, 2.05) is 11.8 Å². The molecule has 0 aliphatic carbocycles. The van der Waals surface area contributed by atoms with Crippen LogP contribution in [0.3, 0.4) is 0 Å². The fraction of sp³-hybridized carbons (Fsp3) is 0.867. The Hall–Kier alpha value is -1.26. The highest BCUT2D eigenvalue weighted by atomic mass is 16.4. The van der Waals surface area contributed by atoms with Crippen molar-refractivity contribution >= 4 is 12.0 Å². The molecule has 0 aromatic carbocycles. The highest BCUT2D eigenvalue weighted by molar-refractivity contribution is 5.87. The van der Waals surface area contributed by atoms with Crippen molar-refractivity contribution in [1.29, 1.82) is 0 Å². The number of carbonyl (C=O) groups excluding carboxylic acids is 1. The fourth-order valence-corrected chi connectivity index (χ4v) is 3.62. The lowest BCUT2D eigenvalue weighted by molar-refractivity contribution is -0.148. The molecule has 0 bridgehead atoms. The predicted octanol–water partition coefficient (Wildman–Crippen LogP) is 2.41. The van der Waals surface area contributed by atoms with Gasteiger partial charge in [-0.05, 0) is 31.1 Å². The first kappa shape index (κ1) is 15.1. The van der Waals surface area contributed by atoms with E-state index in [-0.39, 0.29) is 6.03 Å². The van der Waals surface area contributed by atoms with Crippen molar-refractivity contribution in [3.05, 3.63) is 0 Å². The molecule has 2 aliphatic rings. The van der Waals surface area contributed by atoms with E-state index >= 15 is 0 Å². The van der Waals surface area contributed by atoms with E-state index in [4.69, 9.17) is 0 Å². The van der Waals surface area contributed by atoms with E-state index in [1.165, 1.54) is 0 Å². The van der Waals surface area contributed by atoms with Crippen LogP contribution in [0.4, 0.5) is 4.79 Å². The van der Waals surface area contributed by atoms with Crippen molar-refractivity contribution in [1.82, 2.24) is 9.80 Å². The highest BCUT2D eigenvalue weighted by Crippen LogP contribution is 2.36. The summed E-state index contributed by atoms with van der Waals surface area (Å²) in [6, 6.07) is -0.0745. The minimum atomic E-state index is -0.971. The number of hydrogen-bond donors (Lipinski definition) is 1. The van der Waals surface area contributed by atoms with Gasteiger partial charge < -0.3 is 14.9 Å². The summed E-state index contributed by atoms with van der Waals surface area (Å²) in [4.78, 5) is 28.0. The van der Waals surface area contributed by atoms with Gasteiger partial charge in [-0.2, -0.15) is 0 Å². The van der Waals surface area contributed by atoms with Crippen LogP contribution in [0.1, 0.15) is 46.5 Å². The lowest BCUT2D eigenvalue weighted by Crippen LogP contribution is -2.56. The highest BCUT2D eigenvalue weighted by Gasteiger charge is 2.50. The quantitative estimate of drug-likeness (QED) is 0.864. The number of rotatable bonds is 3. The summed E-state index contributed by atoms with van der Waals surface area (Å²) in [5.41, 5.74) is -0.971. The molecule has 20 heavy (non-hydrogen) atoms. The largest absolute Gasteiger partial charge is 0.479 e. The number of carboxylic acids is 1. The van der Waals surface area contributed by atoms with Gasteiger partial charge in [0.25, 0.3) is 0 Å². The summed E-state index contributed by atoms with van der Waals surface area (Å²) in [5.74, 6) is 0.143. The van der Waals surface area contributed by atoms with Gasteiger partial charge in [-0.25, -0.2) is 9.59 Å². The first-order chi connectivity index (χ1) is 9.42. The molecule has 0 radical (unpaired) electrons. The topological polar surface area (TPSA) is 60.9 Å². The zero-order valence-corrected chi connectivity index (χ0v) is 12.8. The Morgan fingerprint density at radius 3 is 2.35 bits per heavy atom. The zero-order chi connectivity index (χ0) is 14.9. The van der Waals surface area contributed by atoms with Crippen molar-refractivity contribution in [3.8, 4) is 0 Å². The van der Waals surface area contributed by atoms with Gasteiger partial charge in [0.15, 0.2) is 0 Å². The summed E-state index contributed by atoms with van der Waals surface area (Å²) in [6.07, 6.45) is 2.70. The second-order valence-electron chi connectivity index (χ2n) is 6.48. The molecule has 2 amide bonds. The number of urea groups is 1. The maximum atomic E-state index is 12.7. The number of likely N-dealkylation sites (tertiary alicyclic amines) is 2. The number of hydrogen-bond acceptors (Lipinski definition) is 2. The van der Waals surface area contributed by atoms with Crippen LogP contribution in [-0.4, -0.2) is 52.1 Å². The maximum absolute atomic E-state index is 12.7. The van der Waals surface area contributed by atoms with E-state index in [1.54, 1.807) is 4.90 Å². The van der Waals surface area contributed by atoms with Gasteiger partial charge in [0.2, 0.25) is 0 Å². The Morgan fingerprint density at radius 1 is 1.25 bits per heavy atom. The summed E-state index contributed by atoms with van der Waals surface area (Å²) in [5, 5.41) is 9.65. The van der Waals surface area contributed by atoms with Crippen LogP contribution in [0.25, 0.3) is 0 Å². The molecule has 2 saturated heterocycles. The van der Waals surface area contributed by atoms with Gasteiger partial charge in [-0.1, -0.05) is 27.2 Å². The van der Waals surface area contributed by atoms with Crippen LogP contribution in [0.15, 0.2) is 0 Å². The third-order valence-corrected chi connectivity index (χ3v) is 5.04. The Kier molecular flexibility index (Phi) is 4.25. The van der Waals surface area contributed by atoms with E-state index in [9.17, 15) is 14.7 Å². The number of nitrogens with zero attached hydrogens (tertiary/aromatic N) is 2. The van der Waals surface area contributed by atoms with Gasteiger partial charge >= 0.3 is 12.0 Å². The molecule has 0 aromatic heterocycles. The average Bonchev–Trinajstić information content (AvgIpc) is 2.95. The van der Waals surface area contributed by atoms with E-state index in [0.29, 0.717) is 31.2 Å². The Morgan fingerprint density at radius 2 is 1.85 bits per heavy atom. The first-order valence-electron chi connectivity index (χ1n) is 7.72. The van der Waals surface area contributed by atoms with Gasteiger partial charge in [0, 0.05) is 19.6 Å². The number of carbonyl (C=O) groups is 2. The third kappa shape index (κ3) is 2.38. The van der Waals surface area contributed by atoms with Crippen LogP contribution in [-0.2, 0) is 4.79 Å². The molecule has 1 N–H and O–H groups in total. The Balaban J connectivity index is 2.17. The second kappa shape index (κ2) is 5.62. The molecule has 2 heterocycles. The minimum Gasteiger partial charge on any atom is -0.479 e. The van der Waals surface area contributed by atoms with Crippen LogP contribution >= 0.6 is 0 Å². The van der Waals surface area contributed by atoms with Crippen molar-refractivity contribution in [3.63, 3.8) is 0 Å². The molecule has 5 nitrogen and oxygen atoms in total. The maximum Gasteiger partial charge on any atom is 0.329 e. The second-order valence-corrected chi connectivity index (χ2v) is 6.48. The summed E-state index contributed by atoms with van der Waals surface area (Å²) >= 11 is 0. The molecule has 0 aromatic rings. The van der Waals surface area contributed by atoms with Gasteiger partial charge in [0.1, 0.15) is 5.54 Å². The number of aliphatic carboxylic acids is 1.